The number of nitrogens with one attached hydrogen (secondary N) is 1. The van der Waals surface area contributed by atoms with Crippen LogP contribution in [0.25, 0.3) is 0 Å². The van der Waals surface area contributed by atoms with Gasteiger partial charge in [0.05, 0.1) is 22.2 Å². The maximum absolute atomic E-state index is 14.0. The number of fused-ring (bicyclic) bond motifs is 2. The number of thiazole rings is 1. The fourth-order valence-corrected chi connectivity index (χ4v) is 7.95. The van der Waals surface area contributed by atoms with E-state index in [1.54, 1.807) is 42.5 Å². The lowest BCUT2D eigenvalue weighted by Crippen LogP contribution is -2.33. The molecule has 4 aromatic rings. The summed E-state index contributed by atoms with van der Waals surface area (Å²) in [7, 11) is 0. The highest BCUT2D eigenvalue weighted by molar-refractivity contribution is 8.00. The first-order chi connectivity index (χ1) is 19.5. The predicted molar refractivity (Wildman–Crippen MR) is 151 cm³/mol. The standard InChI is InChI=1S/C28H17Cl2F3N2O4S2/c29-14-7-5-13(6-8-14)12-39-19-10-9-15(30)11-16(19)20-21-23(40-24-22(20)41-27(38)34-24)26(37)35(25(21)36)18-4-2-1-3-17(18)28(31,32)33/h1-11,20-21,23H,12H2,(H,34,38)/t20-,21?,23?/m1/s1. The van der Waals surface area contributed by atoms with Crippen molar-refractivity contribution in [3.05, 3.63) is 108 Å². The van der Waals surface area contributed by atoms with Gasteiger partial charge in [0.15, 0.2) is 0 Å². The van der Waals surface area contributed by atoms with E-state index in [2.05, 4.69) is 4.98 Å². The molecule has 0 radical (unpaired) electrons. The zero-order chi connectivity index (χ0) is 29.1. The van der Waals surface area contributed by atoms with E-state index >= 15 is 0 Å². The number of aromatic amines is 1. The summed E-state index contributed by atoms with van der Waals surface area (Å²) in [5, 5.41) is 0.161. The summed E-state index contributed by atoms with van der Waals surface area (Å²) in [5.74, 6) is -3.26. The number of ether oxygens (including phenoxy) is 1. The van der Waals surface area contributed by atoms with Gasteiger partial charge in [-0.2, -0.15) is 13.2 Å². The number of H-pyrrole nitrogens is 1. The lowest BCUT2D eigenvalue weighted by molar-refractivity contribution is -0.137. The number of halogens is 5. The molecule has 6 nitrogen and oxygen atoms in total. The molecule has 1 fully saturated rings. The number of benzene rings is 3. The van der Waals surface area contributed by atoms with E-state index in [0.29, 0.717) is 36.2 Å². The zero-order valence-electron chi connectivity index (χ0n) is 20.6. The van der Waals surface area contributed by atoms with E-state index in [1.807, 2.05) is 0 Å². The number of rotatable bonds is 5. The summed E-state index contributed by atoms with van der Waals surface area (Å²) in [4.78, 5) is 43.5. The highest BCUT2D eigenvalue weighted by Gasteiger charge is 2.57. The van der Waals surface area contributed by atoms with Crippen LogP contribution < -0.4 is 14.5 Å². The van der Waals surface area contributed by atoms with Crippen molar-refractivity contribution < 1.29 is 27.5 Å². The fraction of sp³-hybridized carbons (Fsp3) is 0.179. The third-order valence-electron chi connectivity index (χ3n) is 6.89. The normalized spacial score (nSPS) is 20.2. The Labute approximate surface area is 249 Å². The molecule has 3 heterocycles. The molecular weight excluding hydrogens is 620 g/mol. The third-order valence-corrected chi connectivity index (χ3v) is 9.78. The van der Waals surface area contributed by atoms with Crippen LogP contribution in [-0.4, -0.2) is 22.0 Å². The van der Waals surface area contributed by atoms with Crippen LogP contribution in [-0.2, 0) is 22.4 Å². The second-order valence-corrected chi connectivity index (χ2v) is 12.4. The molecule has 2 aliphatic heterocycles. The molecule has 0 saturated carbocycles. The van der Waals surface area contributed by atoms with E-state index in [1.165, 1.54) is 12.1 Å². The van der Waals surface area contributed by atoms with Crippen molar-refractivity contribution in [1.29, 1.82) is 0 Å². The number of carbonyl (C=O) groups excluding carboxylic acids is 2. The van der Waals surface area contributed by atoms with Gasteiger partial charge < -0.3 is 9.72 Å². The number of nitrogens with zero attached hydrogens (tertiary/aromatic N) is 1. The van der Waals surface area contributed by atoms with Crippen LogP contribution in [0.15, 0.2) is 76.6 Å². The Morgan fingerprint density at radius 2 is 1.63 bits per heavy atom. The Balaban J connectivity index is 1.46. The SMILES string of the molecule is O=C1C2Sc3[nH]c(=O)sc3[C@H](c3cc(Cl)ccc3OCc3ccc(Cl)cc3)C2C(=O)N1c1ccccc1C(F)(F)F. The number of thioether (sulfide) groups is 1. The van der Waals surface area contributed by atoms with Crippen molar-refractivity contribution in [2.75, 3.05) is 4.90 Å². The minimum Gasteiger partial charge on any atom is -0.489 e. The van der Waals surface area contributed by atoms with Gasteiger partial charge >= 0.3 is 11.0 Å². The van der Waals surface area contributed by atoms with Crippen LogP contribution in [0.2, 0.25) is 10.0 Å². The highest BCUT2D eigenvalue weighted by atomic mass is 35.5. The van der Waals surface area contributed by atoms with Gasteiger partial charge in [-0.1, -0.05) is 70.6 Å². The molecule has 0 bridgehead atoms. The first-order valence-corrected chi connectivity index (χ1v) is 14.6. The highest BCUT2D eigenvalue weighted by Crippen LogP contribution is 2.55. The van der Waals surface area contributed by atoms with E-state index in [0.717, 1.165) is 40.8 Å². The van der Waals surface area contributed by atoms with E-state index < -0.39 is 51.2 Å². The number of amides is 2. The molecule has 1 saturated heterocycles. The topological polar surface area (TPSA) is 79.5 Å². The van der Waals surface area contributed by atoms with E-state index in [4.69, 9.17) is 27.9 Å². The first kappa shape index (κ1) is 27.9. The van der Waals surface area contributed by atoms with Crippen molar-refractivity contribution in [2.45, 2.75) is 29.0 Å². The number of hydrogen-bond donors (Lipinski definition) is 1. The monoisotopic (exact) mass is 636 g/mol. The molecule has 3 aromatic carbocycles. The van der Waals surface area contributed by atoms with Gasteiger partial charge in [-0.25, -0.2) is 4.90 Å². The molecule has 210 valence electrons. The number of carbonyl (C=O) groups is 2. The zero-order valence-corrected chi connectivity index (χ0v) is 23.7. The summed E-state index contributed by atoms with van der Waals surface area (Å²) in [6, 6.07) is 16.3. The Kier molecular flexibility index (Phi) is 7.17. The Morgan fingerprint density at radius 3 is 2.37 bits per heavy atom. The fourth-order valence-electron chi connectivity index (χ4n) is 5.13. The Morgan fingerprint density at radius 1 is 0.927 bits per heavy atom. The molecule has 0 aliphatic carbocycles. The number of imide groups is 1. The largest absolute Gasteiger partial charge is 0.489 e. The molecule has 1 N–H and O–H groups in total. The van der Waals surface area contributed by atoms with Crippen LogP contribution in [0.5, 0.6) is 5.75 Å². The molecule has 13 heteroatoms. The van der Waals surface area contributed by atoms with Crippen molar-refractivity contribution in [2.24, 2.45) is 5.92 Å². The van der Waals surface area contributed by atoms with Crippen LogP contribution in [0.1, 0.15) is 27.5 Å². The van der Waals surface area contributed by atoms with Gasteiger partial charge in [-0.05, 0) is 48.0 Å². The molecule has 2 unspecified atom stereocenters. The maximum atomic E-state index is 14.0. The summed E-state index contributed by atoms with van der Waals surface area (Å²) in [6.45, 7) is 0.134. The average Bonchev–Trinajstić information content (AvgIpc) is 3.42. The number of hydrogen-bond acceptors (Lipinski definition) is 6. The quantitative estimate of drug-likeness (QED) is 0.236. The van der Waals surface area contributed by atoms with Gasteiger partial charge in [0.25, 0.3) is 0 Å². The van der Waals surface area contributed by atoms with Gasteiger partial charge in [-0.15, -0.1) is 0 Å². The van der Waals surface area contributed by atoms with Crippen LogP contribution in [0.4, 0.5) is 18.9 Å². The van der Waals surface area contributed by atoms with Crippen molar-refractivity contribution >= 4 is 63.8 Å². The number of alkyl halides is 3. The van der Waals surface area contributed by atoms with Gasteiger partial charge in [0.1, 0.15) is 17.6 Å². The van der Waals surface area contributed by atoms with E-state index in [-0.39, 0.29) is 6.61 Å². The van der Waals surface area contributed by atoms with Crippen molar-refractivity contribution in [3.63, 3.8) is 0 Å². The van der Waals surface area contributed by atoms with E-state index in [9.17, 15) is 27.6 Å². The number of aromatic nitrogens is 1. The van der Waals surface area contributed by atoms with Crippen LogP contribution in [0, 0.1) is 5.92 Å². The minimum absolute atomic E-state index is 0.134. The molecular formula is C28H17Cl2F3N2O4S2. The Bertz CT molecular complexity index is 1740. The molecule has 3 atom stereocenters. The average molecular weight is 637 g/mol. The number of anilines is 1. The molecule has 2 amide bonds. The molecule has 6 rings (SSSR count). The minimum atomic E-state index is -4.79. The Hall–Kier alpha value is -3.25. The van der Waals surface area contributed by atoms with Crippen molar-refractivity contribution in [3.8, 4) is 5.75 Å². The lowest BCUT2D eigenvalue weighted by atomic mass is 9.82. The summed E-state index contributed by atoms with van der Waals surface area (Å²) in [5.41, 5.74) is -0.391. The molecule has 0 spiro atoms. The maximum Gasteiger partial charge on any atom is 0.418 e. The van der Waals surface area contributed by atoms with Crippen molar-refractivity contribution in [1.82, 2.24) is 4.98 Å². The molecule has 1 aromatic heterocycles. The third kappa shape index (κ3) is 5.05. The first-order valence-electron chi connectivity index (χ1n) is 12.1. The smallest absolute Gasteiger partial charge is 0.418 e. The second kappa shape index (κ2) is 10.5. The summed E-state index contributed by atoms with van der Waals surface area (Å²) in [6.07, 6.45) is -4.79. The second-order valence-electron chi connectivity index (χ2n) is 9.37. The van der Waals surface area contributed by atoms with Crippen LogP contribution in [0.3, 0.4) is 0 Å². The van der Waals surface area contributed by atoms with Gasteiger partial charge in [-0.3, -0.25) is 14.4 Å². The molecule has 41 heavy (non-hydrogen) atoms. The predicted octanol–water partition coefficient (Wildman–Crippen LogP) is 7.14. The van der Waals surface area contributed by atoms with Gasteiger partial charge in [0.2, 0.25) is 11.8 Å². The van der Waals surface area contributed by atoms with Gasteiger partial charge in [0, 0.05) is 26.4 Å². The van der Waals surface area contributed by atoms with Crippen LogP contribution >= 0.6 is 46.3 Å². The lowest BCUT2D eigenvalue weighted by Gasteiger charge is -2.31. The molecule has 2 aliphatic rings. The summed E-state index contributed by atoms with van der Waals surface area (Å²) < 4.78 is 47.8. The summed E-state index contributed by atoms with van der Waals surface area (Å²) >= 11 is 14.2. The number of para-hydroxylation sites is 1.